The maximum Gasteiger partial charge on any atom is 0.246 e. The van der Waals surface area contributed by atoms with E-state index in [9.17, 15) is 43.2 Å². The van der Waals surface area contributed by atoms with Crippen LogP contribution in [0, 0.1) is 0 Å². The van der Waals surface area contributed by atoms with Gasteiger partial charge in [0.15, 0.2) is 0 Å². The minimum Gasteiger partial charge on any atom is -0.358 e. The third-order valence-electron chi connectivity index (χ3n) is 15.2. The average molecular weight is 1160 g/mol. The summed E-state index contributed by atoms with van der Waals surface area (Å²) in [5, 5.41) is 32.6. The number of rotatable bonds is 36. The zero-order chi connectivity index (χ0) is 62.1. The zero-order valence-corrected chi connectivity index (χ0v) is 50.8. The van der Waals surface area contributed by atoms with E-state index in [4.69, 9.17) is 5.73 Å². The molecule has 1 heterocycles. The second kappa shape index (κ2) is 33.0. The molecule has 0 radical (unpaired) electrons. The molecule has 9 amide bonds. The van der Waals surface area contributed by atoms with Crippen LogP contribution in [-0.2, 0) is 62.4 Å². The van der Waals surface area contributed by atoms with Crippen molar-refractivity contribution in [3.05, 3.63) is 108 Å². The number of para-hydroxylation sites is 1. The smallest absolute Gasteiger partial charge is 0.246 e. The third kappa shape index (κ3) is 21.5. The number of nitrogens with one attached hydrogen (secondary N) is 12. The van der Waals surface area contributed by atoms with Crippen molar-refractivity contribution in [1.29, 1.82) is 0 Å². The van der Waals surface area contributed by atoms with Crippen LogP contribution < -0.4 is 64.2 Å². The maximum absolute atomic E-state index is 14.5. The summed E-state index contributed by atoms with van der Waals surface area (Å²) in [6.45, 7) is 18.3. The van der Waals surface area contributed by atoms with E-state index in [0.29, 0.717) is 25.2 Å². The van der Waals surface area contributed by atoms with Crippen molar-refractivity contribution in [1.82, 2.24) is 63.5 Å². The fraction of sp³-hybridized carbons (Fsp3) is 0.532. The molecule has 7 atom stereocenters. The van der Waals surface area contributed by atoms with Crippen LogP contribution in [-0.4, -0.2) is 144 Å². The van der Waals surface area contributed by atoms with Gasteiger partial charge in [0, 0.05) is 43.6 Å². The molecule has 0 aliphatic rings. The normalized spacial score (nSPS) is 15.0. The van der Waals surface area contributed by atoms with Crippen LogP contribution in [0.3, 0.4) is 0 Å². The number of carbonyl (C=O) groups excluding carboxylic acids is 9. The van der Waals surface area contributed by atoms with Crippen LogP contribution in [0.2, 0.25) is 0 Å². The predicted octanol–water partition coefficient (Wildman–Crippen LogP) is 2.35. The van der Waals surface area contributed by atoms with E-state index in [1.165, 1.54) is 41.5 Å². The van der Waals surface area contributed by atoms with Gasteiger partial charge in [0.2, 0.25) is 53.2 Å². The Morgan fingerprint density at radius 3 is 1.64 bits per heavy atom. The second-order valence-electron chi connectivity index (χ2n) is 22.8. The van der Waals surface area contributed by atoms with Crippen molar-refractivity contribution >= 4 is 64.1 Å². The molecule has 0 aliphatic carbocycles. The fourth-order valence-corrected chi connectivity index (χ4v) is 9.07. The van der Waals surface area contributed by atoms with Crippen molar-refractivity contribution in [3.8, 4) is 0 Å². The van der Waals surface area contributed by atoms with E-state index in [1.807, 2.05) is 78.9 Å². The Kier molecular flexibility index (Phi) is 27.0. The lowest BCUT2D eigenvalue weighted by Crippen LogP contribution is -2.66. The predicted molar refractivity (Wildman–Crippen MR) is 326 cm³/mol. The van der Waals surface area contributed by atoms with Crippen LogP contribution in [0.4, 0.5) is 0 Å². The number of amides is 9. The van der Waals surface area contributed by atoms with E-state index in [1.54, 1.807) is 39.8 Å². The molecule has 7 unspecified atom stereocenters. The highest BCUT2D eigenvalue weighted by molar-refractivity contribution is 6.00. The molecule has 4 rings (SSSR count). The van der Waals surface area contributed by atoms with E-state index in [2.05, 4.69) is 63.5 Å². The number of carbonyl (C=O) groups is 9. The Hall–Kier alpha value is -7.69. The molecule has 0 aliphatic heterocycles. The molecule has 14 N–H and O–H groups in total. The molecule has 4 aromatic rings. The summed E-state index contributed by atoms with van der Waals surface area (Å²) >= 11 is 0. The molecule has 0 bridgehead atoms. The monoisotopic (exact) mass is 1160 g/mol. The van der Waals surface area contributed by atoms with Gasteiger partial charge in [-0.2, -0.15) is 0 Å². The molecule has 1 aromatic heterocycles. The van der Waals surface area contributed by atoms with Crippen LogP contribution in [0.15, 0.2) is 91.0 Å². The Morgan fingerprint density at radius 2 is 1.06 bits per heavy atom. The molecule has 0 saturated heterocycles. The van der Waals surface area contributed by atoms with Crippen molar-refractivity contribution in [2.45, 2.75) is 173 Å². The molecular formula is C62H93N13O9. The lowest BCUT2D eigenvalue weighted by Gasteiger charge is -2.35. The molecular weight excluding hydrogens is 1070 g/mol. The lowest BCUT2D eigenvalue weighted by molar-refractivity contribution is -0.140. The highest BCUT2D eigenvalue weighted by Gasteiger charge is 2.42. The molecule has 3 aromatic carbocycles. The first-order valence-corrected chi connectivity index (χ1v) is 29.3. The molecule has 0 fully saturated rings. The summed E-state index contributed by atoms with van der Waals surface area (Å²) in [6, 6.07) is 24.5. The number of benzene rings is 3. The van der Waals surface area contributed by atoms with Gasteiger partial charge in [-0.1, -0.05) is 99.6 Å². The van der Waals surface area contributed by atoms with Gasteiger partial charge in [-0.3, -0.25) is 43.2 Å². The average Bonchev–Trinajstić information content (AvgIpc) is 3.77. The van der Waals surface area contributed by atoms with Crippen LogP contribution in [0.1, 0.15) is 125 Å². The van der Waals surface area contributed by atoms with Crippen molar-refractivity contribution in [2.75, 3.05) is 39.3 Å². The van der Waals surface area contributed by atoms with E-state index in [0.717, 1.165) is 60.9 Å². The summed E-state index contributed by atoms with van der Waals surface area (Å²) in [5.74, 6) is -5.72. The molecule has 22 nitrogen and oxygen atoms in total. The second-order valence-corrected chi connectivity index (χ2v) is 22.8. The summed E-state index contributed by atoms with van der Waals surface area (Å²) in [7, 11) is 0. The van der Waals surface area contributed by atoms with Crippen LogP contribution >= 0.6 is 0 Å². The standard InChI is InChI=1S/C62H93N13O9/c1-11-60(8,72-52(78)41(4)67-55(81)59(6,7)75-58(84)62(10,13-3)74-53(79)49(68-42(5)76)36-44-27-18-15-19-28-44)56(82)66-40-51(77)71-50(38-46-37-45-29-20-21-30-48(45)69-46)54(80)73-61(9,12-2)57(83)70-47(35-43-25-16-14-17-26-43)39-65-34-24-33-64-32-23-22-31-63/h14-21,25-30,37,41,47,49-50,64-65,69H,11-13,22-24,31-36,38-40,63H2,1-10H3,(H,66,82)(H,67,81)(H,68,76)(H,70,83)(H,71,77)(H,72,78)(H,73,80)(H,74,79)(H,75,84). The number of nitrogens with two attached hydrogens (primary N) is 1. The van der Waals surface area contributed by atoms with Crippen molar-refractivity contribution < 1.29 is 43.2 Å². The highest BCUT2D eigenvalue weighted by atomic mass is 16.2. The fourth-order valence-electron chi connectivity index (χ4n) is 9.07. The SMILES string of the molecule is CCC(C)(NC(=O)C(C)NC(=O)C(C)(C)NC(=O)C(C)(CC)NC(=O)C(Cc1ccccc1)NC(C)=O)C(=O)NCC(=O)NC(Cc1cc2ccccc2[nH]1)C(=O)NC(C)(CC)C(=O)NC(CNCCCNCCCCN)Cc1ccccc1. The largest absolute Gasteiger partial charge is 0.358 e. The number of hydrogen-bond acceptors (Lipinski definition) is 12. The Morgan fingerprint density at radius 1 is 0.536 bits per heavy atom. The minimum atomic E-state index is -1.62. The van der Waals surface area contributed by atoms with Gasteiger partial charge in [0.25, 0.3) is 0 Å². The Bertz CT molecular complexity index is 2800. The van der Waals surface area contributed by atoms with Crippen LogP contribution in [0.25, 0.3) is 10.9 Å². The summed E-state index contributed by atoms with van der Waals surface area (Å²) in [4.78, 5) is 127. The number of fused-ring (bicyclic) bond motifs is 1. The topological polar surface area (TPSA) is 328 Å². The highest BCUT2D eigenvalue weighted by Crippen LogP contribution is 2.19. The number of unbranched alkanes of at least 4 members (excludes halogenated alkanes) is 1. The van der Waals surface area contributed by atoms with Gasteiger partial charge in [0.1, 0.15) is 40.3 Å². The maximum atomic E-state index is 14.5. The summed E-state index contributed by atoms with van der Waals surface area (Å²) in [6.07, 6.45) is 3.97. The first kappa shape index (κ1) is 68.8. The minimum absolute atomic E-state index is 0.000891. The summed E-state index contributed by atoms with van der Waals surface area (Å²) < 4.78 is 0. The number of aromatic nitrogens is 1. The van der Waals surface area contributed by atoms with Gasteiger partial charge in [-0.05, 0) is 141 Å². The quantitative estimate of drug-likeness (QED) is 0.0292. The Labute approximate surface area is 495 Å². The molecule has 0 saturated carbocycles. The van der Waals surface area contributed by atoms with Crippen LogP contribution in [0.5, 0.6) is 0 Å². The molecule has 460 valence electrons. The third-order valence-corrected chi connectivity index (χ3v) is 15.2. The first-order chi connectivity index (χ1) is 39.8. The zero-order valence-electron chi connectivity index (χ0n) is 50.8. The van der Waals surface area contributed by atoms with Gasteiger partial charge in [0.05, 0.1) is 6.54 Å². The van der Waals surface area contributed by atoms with Gasteiger partial charge in [-0.15, -0.1) is 0 Å². The first-order valence-electron chi connectivity index (χ1n) is 29.3. The number of hydrogen-bond donors (Lipinski definition) is 13. The van der Waals surface area contributed by atoms with Gasteiger partial charge >= 0.3 is 0 Å². The number of H-pyrrole nitrogens is 1. The molecule has 0 spiro atoms. The lowest BCUT2D eigenvalue weighted by atomic mass is 9.93. The van der Waals surface area contributed by atoms with E-state index in [-0.39, 0.29) is 38.1 Å². The number of aromatic amines is 1. The summed E-state index contributed by atoms with van der Waals surface area (Å²) in [5.41, 5.74) is 2.73. The van der Waals surface area contributed by atoms with Gasteiger partial charge < -0.3 is 69.2 Å². The Balaban J connectivity index is 1.40. The van der Waals surface area contributed by atoms with Crippen molar-refractivity contribution in [3.63, 3.8) is 0 Å². The van der Waals surface area contributed by atoms with Gasteiger partial charge in [-0.25, -0.2) is 0 Å². The molecule has 84 heavy (non-hydrogen) atoms. The van der Waals surface area contributed by atoms with E-state index >= 15 is 0 Å². The molecule has 22 heteroatoms. The van der Waals surface area contributed by atoms with E-state index < -0.39 is 100.0 Å². The van der Waals surface area contributed by atoms with Crippen molar-refractivity contribution in [2.24, 2.45) is 5.73 Å².